The van der Waals surface area contributed by atoms with E-state index in [4.69, 9.17) is 23.2 Å². The Bertz CT molecular complexity index is 778. The van der Waals surface area contributed by atoms with Crippen LogP contribution in [0.15, 0.2) is 53.5 Å². The Morgan fingerprint density at radius 1 is 1.04 bits per heavy atom. The Kier molecular flexibility index (Phi) is 5.04. The van der Waals surface area contributed by atoms with Crippen molar-refractivity contribution in [1.29, 1.82) is 0 Å². The second kappa shape index (κ2) is 7.05. The van der Waals surface area contributed by atoms with Gasteiger partial charge in [-0.15, -0.1) is 0 Å². The van der Waals surface area contributed by atoms with Gasteiger partial charge in [-0.25, -0.2) is 9.69 Å². The SMILES string of the molecule is CSC1=N[C@@H](c2ccc(Cl)cc2)[C@@H](c2ccc(Cl)cc2)N1C(=O)O. The number of hydrogen-bond acceptors (Lipinski definition) is 3. The minimum Gasteiger partial charge on any atom is -0.465 e. The van der Waals surface area contributed by atoms with Crippen LogP contribution in [0.2, 0.25) is 10.0 Å². The minimum atomic E-state index is -1.03. The number of halogens is 2. The first kappa shape index (κ1) is 17.1. The Balaban J connectivity index is 2.09. The summed E-state index contributed by atoms with van der Waals surface area (Å²) in [6.07, 6.45) is 0.789. The third kappa shape index (κ3) is 3.24. The predicted molar refractivity (Wildman–Crippen MR) is 99.2 cm³/mol. The fourth-order valence-electron chi connectivity index (χ4n) is 2.77. The van der Waals surface area contributed by atoms with Crippen LogP contribution in [0.3, 0.4) is 0 Å². The molecule has 2 aromatic rings. The summed E-state index contributed by atoms with van der Waals surface area (Å²) in [7, 11) is 0. The van der Waals surface area contributed by atoms with Crippen molar-refractivity contribution in [2.24, 2.45) is 4.99 Å². The normalized spacial score (nSPS) is 20.1. The van der Waals surface area contributed by atoms with Gasteiger partial charge in [0.05, 0.1) is 6.04 Å². The molecule has 0 saturated carbocycles. The standard InChI is InChI=1S/C17H14Cl2N2O2S/c1-24-16-20-14(10-2-6-12(18)7-3-10)15(21(16)17(22)23)11-4-8-13(19)9-5-11/h2-9,14-15H,1H3,(H,22,23)/t14-,15+/m0/s1. The first-order chi connectivity index (χ1) is 11.5. The maximum absolute atomic E-state index is 11.8. The van der Waals surface area contributed by atoms with Crippen LogP contribution in [-0.2, 0) is 0 Å². The largest absolute Gasteiger partial charge is 0.465 e. The molecule has 0 saturated heterocycles. The maximum Gasteiger partial charge on any atom is 0.414 e. The third-order valence-electron chi connectivity index (χ3n) is 3.84. The molecule has 2 atom stereocenters. The Morgan fingerprint density at radius 3 is 2.00 bits per heavy atom. The number of nitrogens with zero attached hydrogens (tertiary/aromatic N) is 2. The van der Waals surface area contributed by atoms with Gasteiger partial charge < -0.3 is 5.11 Å². The lowest BCUT2D eigenvalue weighted by atomic mass is 9.94. The van der Waals surface area contributed by atoms with E-state index in [1.54, 1.807) is 24.3 Å². The Morgan fingerprint density at radius 2 is 1.54 bits per heavy atom. The van der Waals surface area contributed by atoms with Gasteiger partial charge in [-0.1, -0.05) is 59.2 Å². The molecule has 24 heavy (non-hydrogen) atoms. The number of carboxylic acid groups (broad SMARTS) is 1. The third-order valence-corrected chi connectivity index (χ3v) is 5.02. The minimum absolute atomic E-state index is 0.331. The number of carbonyl (C=O) groups is 1. The molecule has 1 heterocycles. The summed E-state index contributed by atoms with van der Waals surface area (Å²) in [5.41, 5.74) is 1.75. The van der Waals surface area contributed by atoms with E-state index in [0.29, 0.717) is 15.2 Å². The molecule has 1 N–H and O–H groups in total. The first-order valence-electron chi connectivity index (χ1n) is 7.16. The highest BCUT2D eigenvalue weighted by Crippen LogP contribution is 2.44. The average Bonchev–Trinajstić information content (AvgIpc) is 2.96. The molecule has 0 aromatic heterocycles. The van der Waals surface area contributed by atoms with E-state index in [0.717, 1.165) is 11.1 Å². The van der Waals surface area contributed by atoms with Gasteiger partial charge in [0.15, 0.2) is 5.17 Å². The van der Waals surface area contributed by atoms with Gasteiger partial charge in [-0.05, 0) is 41.6 Å². The monoisotopic (exact) mass is 380 g/mol. The average molecular weight is 381 g/mol. The molecule has 0 spiro atoms. The van der Waals surface area contributed by atoms with Gasteiger partial charge in [-0.2, -0.15) is 0 Å². The van der Waals surface area contributed by atoms with Crippen LogP contribution in [0.5, 0.6) is 0 Å². The summed E-state index contributed by atoms with van der Waals surface area (Å²) in [6.45, 7) is 0. The van der Waals surface area contributed by atoms with E-state index in [9.17, 15) is 9.90 Å². The van der Waals surface area contributed by atoms with Crippen LogP contribution in [0.4, 0.5) is 4.79 Å². The smallest absolute Gasteiger partial charge is 0.414 e. The zero-order valence-corrected chi connectivity index (χ0v) is 15.0. The number of benzene rings is 2. The van der Waals surface area contributed by atoms with Crippen LogP contribution < -0.4 is 0 Å². The van der Waals surface area contributed by atoms with E-state index in [1.807, 2.05) is 30.5 Å². The van der Waals surface area contributed by atoms with Gasteiger partial charge >= 0.3 is 6.09 Å². The van der Waals surface area contributed by atoms with Crippen LogP contribution in [0, 0.1) is 0 Å². The quantitative estimate of drug-likeness (QED) is 0.749. The molecule has 0 unspecified atom stereocenters. The molecular weight excluding hydrogens is 367 g/mol. The molecular formula is C17H14Cl2N2O2S. The lowest BCUT2D eigenvalue weighted by molar-refractivity contribution is 0.157. The number of thioether (sulfide) groups is 1. The summed E-state index contributed by atoms with van der Waals surface area (Å²) >= 11 is 13.2. The molecule has 0 radical (unpaired) electrons. The highest BCUT2D eigenvalue weighted by molar-refractivity contribution is 8.13. The van der Waals surface area contributed by atoms with Gasteiger partial charge in [0.2, 0.25) is 0 Å². The molecule has 1 amide bonds. The van der Waals surface area contributed by atoms with Crippen molar-refractivity contribution in [3.8, 4) is 0 Å². The van der Waals surface area contributed by atoms with Crippen LogP contribution >= 0.6 is 35.0 Å². The zero-order chi connectivity index (χ0) is 17.3. The highest BCUT2D eigenvalue weighted by atomic mass is 35.5. The van der Waals surface area contributed by atoms with E-state index < -0.39 is 12.1 Å². The lowest BCUT2D eigenvalue weighted by Crippen LogP contribution is -2.34. The molecule has 0 fully saturated rings. The first-order valence-corrected chi connectivity index (χ1v) is 9.14. The van der Waals surface area contributed by atoms with E-state index in [-0.39, 0.29) is 6.04 Å². The van der Waals surface area contributed by atoms with Crippen molar-refractivity contribution in [2.75, 3.05) is 6.26 Å². The van der Waals surface area contributed by atoms with Gasteiger partial charge in [0.25, 0.3) is 0 Å². The van der Waals surface area contributed by atoms with Gasteiger partial charge in [-0.3, -0.25) is 4.99 Å². The number of rotatable bonds is 2. The lowest BCUT2D eigenvalue weighted by Gasteiger charge is -2.26. The molecule has 124 valence electrons. The molecule has 0 bridgehead atoms. The summed E-state index contributed by atoms with van der Waals surface area (Å²) in [5.74, 6) is 0. The number of hydrogen-bond donors (Lipinski definition) is 1. The predicted octanol–water partition coefficient (Wildman–Crippen LogP) is 5.49. The van der Waals surface area contributed by atoms with Crippen molar-refractivity contribution in [1.82, 2.24) is 4.90 Å². The van der Waals surface area contributed by atoms with Crippen molar-refractivity contribution in [3.05, 3.63) is 69.7 Å². The van der Waals surface area contributed by atoms with Crippen LogP contribution in [0.25, 0.3) is 0 Å². The van der Waals surface area contributed by atoms with Crippen molar-refractivity contribution < 1.29 is 9.90 Å². The van der Waals surface area contributed by atoms with Crippen LogP contribution in [0.1, 0.15) is 23.2 Å². The summed E-state index contributed by atoms with van der Waals surface area (Å²) in [6, 6.07) is 13.7. The molecule has 1 aliphatic rings. The summed E-state index contributed by atoms with van der Waals surface area (Å²) < 4.78 is 0. The molecule has 7 heteroatoms. The van der Waals surface area contributed by atoms with Crippen molar-refractivity contribution in [2.45, 2.75) is 12.1 Å². The summed E-state index contributed by atoms with van der Waals surface area (Å²) in [4.78, 5) is 17.8. The van der Waals surface area contributed by atoms with E-state index in [1.165, 1.54) is 16.7 Å². The van der Waals surface area contributed by atoms with E-state index in [2.05, 4.69) is 4.99 Å². The fourth-order valence-corrected chi connectivity index (χ4v) is 3.63. The highest BCUT2D eigenvalue weighted by Gasteiger charge is 2.41. The topological polar surface area (TPSA) is 52.9 Å². The van der Waals surface area contributed by atoms with Crippen molar-refractivity contribution in [3.63, 3.8) is 0 Å². The maximum atomic E-state index is 11.8. The molecule has 0 aliphatic carbocycles. The summed E-state index contributed by atoms with van der Waals surface area (Å²) in [5, 5.41) is 11.4. The van der Waals surface area contributed by atoms with Gasteiger partial charge in [0.1, 0.15) is 6.04 Å². The fraction of sp³-hybridized carbons (Fsp3) is 0.176. The molecule has 1 aliphatic heterocycles. The molecule has 4 nitrogen and oxygen atoms in total. The molecule has 2 aromatic carbocycles. The number of amidine groups is 1. The molecule has 3 rings (SSSR count). The number of amides is 1. The van der Waals surface area contributed by atoms with Crippen molar-refractivity contribution >= 4 is 46.2 Å². The van der Waals surface area contributed by atoms with E-state index >= 15 is 0 Å². The second-order valence-electron chi connectivity index (χ2n) is 5.26. The Labute approximate surface area is 154 Å². The second-order valence-corrected chi connectivity index (χ2v) is 6.91. The zero-order valence-electron chi connectivity index (χ0n) is 12.7. The van der Waals surface area contributed by atoms with Gasteiger partial charge in [0, 0.05) is 10.0 Å². The number of aliphatic imine (C=N–C) groups is 1. The Hall–Kier alpha value is -1.69. The van der Waals surface area contributed by atoms with Crippen LogP contribution in [-0.4, -0.2) is 27.5 Å².